The van der Waals surface area contributed by atoms with Crippen molar-refractivity contribution < 1.29 is 9.90 Å². The van der Waals surface area contributed by atoms with Crippen LogP contribution >= 0.6 is 0 Å². The van der Waals surface area contributed by atoms with Crippen molar-refractivity contribution in [2.75, 3.05) is 19.7 Å². The van der Waals surface area contributed by atoms with Gasteiger partial charge < -0.3 is 10.0 Å². The van der Waals surface area contributed by atoms with Gasteiger partial charge in [0, 0.05) is 25.6 Å². The highest BCUT2D eigenvalue weighted by Crippen LogP contribution is 2.69. The van der Waals surface area contributed by atoms with Crippen LogP contribution in [0, 0.1) is 29.6 Å². The molecule has 0 radical (unpaired) electrons. The van der Waals surface area contributed by atoms with Crippen molar-refractivity contribution in [1.29, 1.82) is 0 Å². The summed E-state index contributed by atoms with van der Waals surface area (Å²) in [7, 11) is 0. The summed E-state index contributed by atoms with van der Waals surface area (Å²) in [4.78, 5) is 15.0. The summed E-state index contributed by atoms with van der Waals surface area (Å²) in [6, 6.07) is 10.2. The predicted molar refractivity (Wildman–Crippen MR) is 95.1 cm³/mol. The smallest absolute Gasteiger partial charge is 0.226 e. The number of rotatable bonds is 7. The highest BCUT2D eigenvalue weighted by atomic mass is 16.3. The summed E-state index contributed by atoms with van der Waals surface area (Å²) < 4.78 is 0. The second-order valence-electron chi connectivity index (χ2n) is 7.69. The molecule has 1 aromatic carbocycles. The third-order valence-corrected chi connectivity index (χ3v) is 6.35. The van der Waals surface area contributed by atoms with Crippen LogP contribution in [0.5, 0.6) is 0 Å². The van der Waals surface area contributed by atoms with E-state index in [9.17, 15) is 4.79 Å². The normalized spacial score (nSPS) is 33.0. The molecule has 1 N–H and O–H groups in total. The minimum Gasteiger partial charge on any atom is -0.396 e. The van der Waals surface area contributed by atoms with E-state index in [0.29, 0.717) is 43.2 Å². The van der Waals surface area contributed by atoms with Gasteiger partial charge in [-0.15, -0.1) is 0 Å². The van der Waals surface area contributed by atoms with Gasteiger partial charge in [-0.25, -0.2) is 0 Å². The average Bonchev–Trinajstić information content (AvgIpc) is 3.05. The van der Waals surface area contributed by atoms with E-state index in [1.165, 1.54) is 19.3 Å². The van der Waals surface area contributed by atoms with Crippen LogP contribution in [0.25, 0.3) is 6.08 Å². The first-order valence-corrected chi connectivity index (χ1v) is 9.41. The Kier molecular flexibility index (Phi) is 4.45. The van der Waals surface area contributed by atoms with Gasteiger partial charge in [0.05, 0.1) is 0 Å². The van der Waals surface area contributed by atoms with E-state index >= 15 is 0 Å². The van der Waals surface area contributed by atoms with Crippen molar-refractivity contribution in [3.05, 3.63) is 42.0 Å². The number of fused-ring (bicyclic) bond motifs is 5. The molecule has 0 saturated heterocycles. The summed E-state index contributed by atoms with van der Waals surface area (Å²) in [6.07, 6.45) is 8.90. The fraction of sp³-hybridized carbons (Fsp3) is 0.571. The van der Waals surface area contributed by atoms with Crippen LogP contribution in [0.1, 0.15) is 31.2 Å². The Labute approximate surface area is 144 Å². The molecule has 0 spiro atoms. The van der Waals surface area contributed by atoms with E-state index in [1.807, 2.05) is 23.1 Å². The van der Waals surface area contributed by atoms with Crippen LogP contribution in [0.2, 0.25) is 0 Å². The van der Waals surface area contributed by atoms with E-state index in [2.05, 4.69) is 24.3 Å². The molecule has 3 fully saturated rings. The Morgan fingerprint density at radius 3 is 2.54 bits per heavy atom. The fourth-order valence-corrected chi connectivity index (χ4v) is 5.30. The molecule has 3 saturated carbocycles. The van der Waals surface area contributed by atoms with Gasteiger partial charge in [0.2, 0.25) is 5.91 Å². The van der Waals surface area contributed by atoms with E-state index in [1.54, 1.807) is 0 Å². The second-order valence-corrected chi connectivity index (χ2v) is 7.69. The van der Waals surface area contributed by atoms with Gasteiger partial charge in [-0.1, -0.05) is 42.5 Å². The zero-order valence-electron chi connectivity index (χ0n) is 14.2. The van der Waals surface area contributed by atoms with Crippen LogP contribution in [0.3, 0.4) is 0 Å². The maximum Gasteiger partial charge on any atom is 0.226 e. The molecule has 0 aromatic heterocycles. The van der Waals surface area contributed by atoms with Crippen LogP contribution in [0.4, 0.5) is 0 Å². The lowest BCUT2D eigenvalue weighted by Crippen LogP contribution is -2.35. The highest BCUT2D eigenvalue weighted by Gasteiger charge is 2.67. The predicted octanol–water partition coefficient (Wildman–Crippen LogP) is 3.20. The minimum atomic E-state index is 0.148. The third-order valence-electron chi connectivity index (χ3n) is 6.35. The van der Waals surface area contributed by atoms with E-state index < -0.39 is 0 Å². The SMILES string of the molecule is O=C(C1[C@@H]2[C@H]3CC[C@H](C3)[C@H]12)N(C/C=C/c1ccccc1)CCCO. The van der Waals surface area contributed by atoms with Gasteiger partial charge >= 0.3 is 0 Å². The van der Waals surface area contributed by atoms with Crippen molar-refractivity contribution in [3.8, 4) is 0 Å². The number of nitrogens with zero attached hydrogens (tertiary/aromatic N) is 1. The molecule has 0 aliphatic heterocycles. The van der Waals surface area contributed by atoms with Gasteiger partial charge in [0.1, 0.15) is 0 Å². The zero-order valence-corrected chi connectivity index (χ0v) is 14.2. The molecular formula is C21H27NO2. The summed E-state index contributed by atoms with van der Waals surface area (Å²) in [5.74, 6) is 3.66. The number of hydrogen-bond donors (Lipinski definition) is 1. The molecule has 1 aromatic rings. The number of hydrogen-bond acceptors (Lipinski definition) is 2. The Morgan fingerprint density at radius 1 is 1.17 bits per heavy atom. The monoisotopic (exact) mass is 325 g/mol. The summed E-state index contributed by atoms with van der Waals surface area (Å²) in [5.41, 5.74) is 1.16. The van der Waals surface area contributed by atoms with Gasteiger partial charge in [-0.05, 0) is 54.9 Å². The minimum absolute atomic E-state index is 0.148. The zero-order chi connectivity index (χ0) is 16.5. The molecule has 3 aliphatic rings. The first kappa shape index (κ1) is 15.9. The first-order valence-electron chi connectivity index (χ1n) is 9.41. The third kappa shape index (κ3) is 2.90. The number of amides is 1. The van der Waals surface area contributed by atoms with Crippen molar-refractivity contribution in [1.82, 2.24) is 4.90 Å². The molecule has 24 heavy (non-hydrogen) atoms. The lowest BCUT2D eigenvalue weighted by molar-refractivity contribution is -0.133. The largest absolute Gasteiger partial charge is 0.396 e. The topological polar surface area (TPSA) is 40.5 Å². The van der Waals surface area contributed by atoms with Crippen molar-refractivity contribution in [3.63, 3.8) is 0 Å². The summed E-state index contributed by atoms with van der Waals surface area (Å²) in [6.45, 7) is 1.47. The maximum absolute atomic E-state index is 13.0. The van der Waals surface area contributed by atoms with E-state index in [0.717, 1.165) is 17.4 Å². The van der Waals surface area contributed by atoms with Crippen LogP contribution in [-0.4, -0.2) is 35.6 Å². The molecule has 3 nitrogen and oxygen atoms in total. The lowest BCUT2D eigenvalue weighted by atomic mass is 10.0. The van der Waals surface area contributed by atoms with Gasteiger partial charge in [-0.2, -0.15) is 0 Å². The van der Waals surface area contributed by atoms with Crippen LogP contribution in [-0.2, 0) is 4.79 Å². The highest BCUT2D eigenvalue weighted by molar-refractivity contribution is 5.83. The molecule has 5 atom stereocenters. The quantitative estimate of drug-likeness (QED) is 0.836. The summed E-state index contributed by atoms with van der Waals surface area (Å²) in [5, 5.41) is 9.15. The molecule has 0 heterocycles. The fourth-order valence-electron chi connectivity index (χ4n) is 5.30. The van der Waals surface area contributed by atoms with Gasteiger partial charge in [-0.3, -0.25) is 4.79 Å². The first-order chi connectivity index (χ1) is 11.8. The van der Waals surface area contributed by atoms with E-state index in [4.69, 9.17) is 5.11 Å². The van der Waals surface area contributed by atoms with Gasteiger partial charge in [0.15, 0.2) is 0 Å². The Hall–Kier alpha value is -1.61. The molecule has 1 amide bonds. The molecule has 3 aliphatic carbocycles. The maximum atomic E-state index is 13.0. The van der Waals surface area contributed by atoms with E-state index in [-0.39, 0.29) is 6.61 Å². The molecular weight excluding hydrogens is 298 g/mol. The Morgan fingerprint density at radius 2 is 1.88 bits per heavy atom. The number of aliphatic hydroxyl groups is 1. The van der Waals surface area contributed by atoms with Gasteiger partial charge in [0.25, 0.3) is 0 Å². The molecule has 128 valence electrons. The second kappa shape index (κ2) is 6.72. The molecule has 2 bridgehead atoms. The number of carbonyl (C=O) groups excluding carboxylic acids is 1. The van der Waals surface area contributed by atoms with Crippen molar-refractivity contribution in [2.45, 2.75) is 25.7 Å². The molecule has 1 unspecified atom stereocenters. The standard InChI is InChI=1S/C21H27NO2/c23-13-5-12-22(11-4-8-15-6-2-1-3-7-15)21(24)20-18-16-9-10-17(14-16)19(18)20/h1-4,6-8,16-20,23H,5,9-14H2/b8-4+/t16-,17+,18+,19-,20?. The Balaban J connectivity index is 1.38. The Bertz CT molecular complexity index is 596. The number of aliphatic hydroxyl groups excluding tert-OH is 1. The van der Waals surface area contributed by atoms with Crippen LogP contribution < -0.4 is 0 Å². The number of benzene rings is 1. The van der Waals surface area contributed by atoms with Crippen LogP contribution in [0.15, 0.2) is 36.4 Å². The molecule has 3 heteroatoms. The lowest BCUT2D eigenvalue weighted by Gasteiger charge is -2.22. The molecule has 4 rings (SSSR count). The number of carbonyl (C=O) groups is 1. The average molecular weight is 325 g/mol. The van der Waals surface area contributed by atoms with Crippen molar-refractivity contribution in [2.24, 2.45) is 29.6 Å². The van der Waals surface area contributed by atoms with Crippen molar-refractivity contribution >= 4 is 12.0 Å². The summed E-state index contributed by atoms with van der Waals surface area (Å²) >= 11 is 0.